The number of carbonyl (C=O) groups is 3. The number of amides is 3. The van der Waals surface area contributed by atoms with Gasteiger partial charge in [-0.2, -0.15) is 0 Å². The van der Waals surface area contributed by atoms with E-state index in [0.717, 1.165) is 0 Å². The van der Waals surface area contributed by atoms with Crippen LogP contribution in [0.25, 0.3) is 0 Å². The average Bonchev–Trinajstić information content (AvgIpc) is 2.82. The Morgan fingerprint density at radius 2 is 2.00 bits per heavy atom. The lowest BCUT2D eigenvalue weighted by molar-refractivity contribution is -0.136. The number of hydrogen-bond acceptors (Lipinski definition) is 4. The van der Waals surface area contributed by atoms with Crippen molar-refractivity contribution in [2.45, 2.75) is 51.2 Å². The maximum absolute atomic E-state index is 12.5. The lowest BCUT2D eigenvalue weighted by Crippen LogP contribution is -2.48. The van der Waals surface area contributed by atoms with Crippen molar-refractivity contribution < 1.29 is 19.1 Å². The molecule has 7 nitrogen and oxygen atoms in total. The van der Waals surface area contributed by atoms with Gasteiger partial charge in [-0.05, 0) is 39.3 Å². The Morgan fingerprint density at radius 1 is 1.26 bits per heavy atom. The summed E-state index contributed by atoms with van der Waals surface area (Å²) in [5.41, 5.74) is -0.481. The summed E-state index contributed by atoms with van der Waals surface area (Å²) in [5, 5.41) is 5.80. The van der Waals surface area contributed by atoms with Gasteiger partial charge in [-0.1, -0.05) is 12.1 Å². The van der Waals surface area contributed by atoms with E-state index in [0.29, 0.717) is 37.2 Å². The van der Waals surface area contributed by atoms with Crippen molar-refractivity contribution in [1.29, 1.82) is 0 Å². The number of rotatable bonds is 2. The van der Waals surface area contributed by atoms with Gasteiger partial charge in [0.15, 0.2) is 0 Å². The van der Waals surface area contributed by atoms with Crippen molar-refractivity contribution in [2.24, 2.45) is 0 Å². The van der Waals surface area contributed by atoms with Crippen LogP contribution in [0.5, 0.6) is 5.75 Å². The normalized spacial score (nSPS) is 23.0. The van der Waals surface area contributed by atoms with Crippen LogP contribution in [0.2, 0.25) is 0 Å². The van der Waals surface area contributed by atoms with Crippen LogP contribution in [0.4, 0.5) is 0 Å². The third-order valence-electron chi connectivity index (χ3n) is 4.86. The summed E-state index contributed by atoms with van der Waals surface area (Å²) in [6, 6.07) is 7.14. The molecular weight excluding hydrogens is 346 g/mol. The fraction of sp³-hybridized carbons (Fsp3) is 0.550. The van der Waals surface area contributed by atoms with E-state index < -0.39 is 5.60 Å². The third kappa shape index (κ3) is 4.59. The molecule has 2 aliphatic heterocycles. The second-order valence-electron chi connectivity index (χ2n) is 8.33. The first-order valence-electron chi connectivity index (χ1n) is 9.33. The summed E-state index contributed by atoms with van der Waals surface area (Å²) in [4.78, 5) is 38.6. The maximum Gasteiger partial charge on any atom is 0.255 e. The number of nitrogens with zero attached hydrogens (tertiary/aromatic N) is 1. The topological polar surface area (TPSA) is 87.7 Å². The number of para-hydroxylation sites is 1. The molecule has 0 unspecified atom stereocenters. The highest BCUT2D eigenvalue weighted by molar-refractivity contribution is 5.97. The smallest absolute Gasteiger partial charge is 0.255 e. The first kappa shape index (κ1) is 19.2. The van der Waals surface area contributed by atoms with E-state index in [1.54, 1.807) is 23.1 Å². The quantitative estimate of drug-likeness (QED) is 0.822. The molecule has 3 amide bonds. The molecule has 1 aromatic carbocycles. The summed E-state index contributed by atoms with van der Waals surface area (Å²) in [6.45, 7) is 6.51. The standard InChI is InChI=1S/C20H27N3O4/c1-19(2,3)22-16(24)12-23-11-10-20(9-8-17(23)25)13-21-18(26)14-6-4-5-7-15(14)27-20/h4-7H,8-13H2,1-3H3,(H,21,26)(H,22,24)/t20-/m0/s1. The molecule has 1 fully saturated rings. The van der Waals surface area contributed by atoms with Crippen molar-refractivity contribution in [3.05, 3.63) is 29.8 Å². The Balaban J connectivity index is 1.73. The van der Waals surface area contributed by atoms with Crippen LogP contribution in [0.1, 0.15) is 50.4 Å². The number of benzene rings is 1. The van der Waals surface area contributed by atoms with E-state index >= 15 is 0 Å². The largest absolute Gasteiger partial charge is 0.485 e. The fourth-order valence-corrected chi connectivity index (χ4v) is 3.51. The van der Waals surface area contributed by atoms with Crippen molar-refractivity contribution in [3.63, 3.8) is 0 Å². The predicted octanol–water partition coefficient (Wildman–Crippen LogP) is 1.47. The van der Waals surface area contributed by atoms with Crippen LogP contribution in [0, 0.1) is 0 Å². The van der Waals surface area contributed by atoms with Crippen LogP contribution < -0.4 is 15.4 Å². The Kier molecular flexibility index (Phi) is 5.13. The Labute approximate surface area is 159 Å². The van der Waals surface area contributed by atoms with Crippen LogP contribution >= 0.6 is 0 Å². The van der Waals surface area contributed by atoms with Gasteiger partial charge in [0.1, 0.15) is 11.4 Å². The minimum absolute atomic E-state index is 0.0368. The van der Waals surface area contributed by atoms with Gasteiger partial charge in [-0.25, -0.2) is 0 Å². The van der Waals surface area contributed by atoms with Crippen LogP contribution in [-0.4, -0.2) is 53.4 Å². The van der Waals surface area contributed by atoms with Gasteiger partial charge < -0.3 is 20.3 Å². The van der Waals surface area contributed by atoms with Gasteiger partial charge in [0.2, 0.25) is 11.8 Å². The zero-order valence-corrected chi connectivity index (χ0v) is 16.1. The SMILES string of the molecule is CC(C)(C)NC(=O)CN1CC[C@@]2(CCC1=O)CNC(=O)c1ccccc1O2. The van der Waals surface area contributed by atoms with Crippen LogP contribution in [0.3, 0.4) is 0 Å². The molecular formula is C20H27N3O4. The molecule has 0 aliphatic carbocycles. The van der Waals surface area contributed by atoms with Gasteiger partial charge in [0.25, 0.3) is 5.91 Å². The zero-order valence-electron chi connectivity index (χ0n) is 16.1. The second kappa shape index (κ2) is 7.21. The molecule has 0 aromatic heterocycles. The highest BCUT2D eigenvalue weighted by atomic mass is 16.5. The molecule has 1 aromatic rings. The second-order valence-corrected chi connectivity index (χ2v) is 8.33. The molecule has 1 atom stereocenters. The van der Waals surface area contributed by atoms with Gasteiger partial charge >= 0.3 is 0 Å². The van der Waals surface area contributed by atoms with Crippen LogP contribution in [0.15, 0.2) is 24.3 Å². The molecule has 7 heteroatoms. The van der Waals surface area contributed by atoms with E-state index in [4.69, 9.17) is 4.74 Å². The Hall–Kier alpha value is -2.57. The highest BCUT2D eigenvalue weighted by Crippen LogP contribution is 2.33. The number of fused-ring (bicyclic) bond motifs is 1. The maximum atomic E-state index is 12.5. The van der Waals surface area contributed by atoms with E-state index in [9.17, 15) is 14.4 Å². The van der Waals surface area contributed by atoms with Crippen molar-refractivity contribution >= 4 is 17.7 Å². The minimum atomic E-state index is -0.646. The molecule has 0 bridgehead atoms. The molecule has 146 valence electrons. The fourth-order valence-electron chi connectivity index (χ4n) is 3.51. The van der Waals surface area contributed by atoms with E-state index in [-0.39, 0.29) is 36.2 Å². The number of hydrogen-bond donors (Lipinski definition) is 2. The third-order valence-corrected chi connectivity index (χ3v) is 4.86. The summed E-state index contributed by atoms with van der Waals surface area (Å²) in [7, 11) is 0. The molecule has 2 aliphatic rings. The number of nitrogens with one attached hydrogen (secondary N) is 2. The lowest BCUT2D eigenvalue weighted by atomic mass is 9.94. The van der Waals surface area contributed by atoms with Crippen LogP contribution in [-0.2, 0) is 9.59 Å². The van der Waals surface area contributed by atoms with E-state index in [1.165, 1.54) is 0 Å². The minimum Gasteiger partial charge on any atom is -0.485 e. The van der Waals surface area contributed by atoms with Crippen molar-refractivity contribution in [1.82, 2.24) is 15.5 Å². The molecule has 27 heavy (non-hydrogen) atoms. The van der Waals surface area contributed by atoms with Gasteiger partial charge in [-0.15, -0.1) is 0 Å². The van der Waals surface area contributed by atoms with E-state index in [1.807, 2.05) is 26.8 Å². The predicted molar refractivity (Wildman–Crippen MR) is 100 cm³/mol. The average molecular weight is 373 g/mol. The van der Waals surface area contributed by atoms with Gasteiger partial charge in [-0.3, -0.25) is 14.4 Å². The summed E-state index contributed by atoms with van der Waals surface area (Å²) < 4.78 is 6.26. The van der Waals surface area contributed by atoms with Crippen molar-refractivity contribution in [3.8, 4) is 5.75 Å². The molecule has 3 rings (SSSR count). The molecule has 2 N–H and O–H groups in total. The molecule has 1 saturated heterocycles. The molecule has 2 heterocycles. The monoisotopic (exact) mass is 373 g/mol. The molecule has 0 radical (unpaired) electrons. The Bertz CT molecular complexity index is 756. The Morgan fingerprint density at radius 3 is 2.74 bits per heavy atom. The van der Waals surface area contributed by atoms with Crippen molar-refractivity contribution in [2.75, 3.05) is 19.6 Å². The molecule has 0 saturated carbocycles. The zero-order chi connectivity index (χ0) is 19.7. The number of likely N-dealkylation sites (tertiary alicyclic amines) is 1. The first-order valence-corrected chi connectivity index (χ1v) is 9.33. The van der Waals surface area contributed by atoms with Gasteiger partial charge in [0, 0.05) is 24.9 Å². The highest BCUT2D eigenvalue weighted by Gasteiger charge is 2.40. The summed E-state index contributed by atoms with van der Waals surface area (Å²) >= 11 is 0. The first-order chi connectivity index (χ1) is 12.7. The number of ether oxygens (including phenoxy) is 1. The number of carbonyl (C=O) groups excluding carboxylic acids is 3. The van der Waals surface area contributed by atoms with E-state index in [2.05, 4.69) is 10.6 Å². The molecule has 1 spiro atoms. The lowest BCUT2D eigenvalue weighted by Gasteiger charge is -2.32. The summed E-state index contributed by atoms with van der Waals surface area (Å²) in [6.07, 6.45) is 1.33. The van der Waals surface area contributed by atoms with Gasteiger partial charge in [0.05, 0.1) is 18.7 Å². The summed E-state index contributed by atoms with van der Waals surface area (Å²) in [5.74, 6) is 0.133.